The number of aromatic nitrogens is 3. The molecule has 9 heteroatoms. The van der Waals surface area contributed by atoms with E-state index in [-0.39, 0.29) is 5.82 Å². The van der Waals surface area contributed by atoms with Crippen LogP contribution in [0.4, 0.5) is 19.0 Å². The molecule has 2 aromatic rings. The fraction of sp³-hybridized carbons (Fsp3) is 0.524. The number of ether oxygens (including phenoxy) is 1. The predicted molar refractivity (Wildman–Crippen MR) is 108 cm³/mol. The minimum Gasteiger partial charge on any atom is -0.402 e. The average Bonchev–Trinajstić information content (AvgIpc) is 3.47. The third-order valence-electron chi connectivity index (χ3n) is 5.60. The molecule has 6 nitrogen and oxygen atoms in total. The number of nitrogens with zero attached hydrogens (tertiary/aromatic N) is 4. The normalized spacial score (nSPS) is 17.2. The Morgan fingerprint density at radius 1 is 1.23 bits per heavy atom. The highest BCUT2D eigenvalue weighted by molar-refractivity contribution is 5.64. The van der Waals surface area contributed by atoms with E-state index in [1.54, 1.807) is 0 Å². The van der Waals surface area contributed by atoms with E-state index in [0.29, 0.717) is 17.2 Å². The van der Waals surface area contributed by atoms with Crippen molar-refractivity contribution in [2.24, 2.45) is 0 Å². The minimum atomic E-state index is -4.83. The quantitative estimate of drug-likeness (QED) is 0.702. The van der Waals surface area contributed by atoms with Gasteiger partial charge in [0.1, 0.15) is 5.82 Å². The van der Waals surface area contributed by atoms with Crippen LogP contribution >= 0.6 is 0 Å². The number of allylic oxidation sites excluding steroid dienone is 1. The van der Waals surface area contributed by atoms with Crippen LogP contribution in [0.1, 0.15) is 50.3 Å². The van der Waals surface area contributed by atoms with E-state index >= 15 is 0 Å². The third kappa shape index (κ3) is 4.88. The molecule has 1 aliphatic heterocycles. The molecule has 2 aliphatic rings. The van der Waals surface area contributed by atoms with Crippen molar-refractivity contribution < 1.29 is 17.9 Å². The summed E-state index contributed by atoms with van der Waals surface area (Å²) in [5.74, 6) is 0.540. The van der Waals surface area contributed by atoms with Crippen LogP contribution in [0.3, 0.4) is 0 Å². The van der Waals surface area contributed by atoms with E-state index in [1.165, 1.54) is 31.5 Å². The Morgan fingerprint density at radius 2 is 1.97 bits per heavy atom. The molecule has 1 saturated heterocycles. The van der Waals surface area contributed by atoms with Crippen molar-refractivity contribution in [3.05, 3.63) is 36.6 Å². The van der Waals surface area contributed by atoms with Crippen LogP contribution in [0, 0.1) is 0 Å². The first-order chi connectivity index (χ1) is 14.3. The van der Waals surface area contributed by atoms with Gasteiger partial charge in [0, 0.05) is 55.6 Å². The molecule has 2 N–H and O–H groups in total. The van der Waals surface area contributed by atoms with Crippen molar-refractivity contribution in [2.45, 2.75) is 57.3 Å². The number of hydrogen-bond acceptors (Lipinski definition) is 5. The second-order valence-electron chi connectivity index (χ2n) is 7.97. The number of hydrogen-bond donors (Lipinski definition) is 1. The van der Waals surface area contributed by atoms with Crippen LogP contribution in [-0.4, -0.2) is 38.9 Å². The number of piperidine rings is 1. The summed E-state index contributed by atoms with van der Waals surface area (Å²) in [4.78, 5) is 10.9. The van der Waals surface area contributed by atoms with Crippen molar-refractivity contribution >= 4 is 5.82 Å². The van der Waals surface area contributed by atoms with E-state index in [2.05, 4.69) is 25.8 Å². The highest BCUT2D eigenvalue weighted by Crippen LogP contribution is 2.41. The summed E-state index contributed by atoms with van der Waals surface area (Å²) in [6.45, 7) is 7.10. The molecule has 1 saturated carbocycles. The zero-order valence-corrected chi connectivity index (χ0v) is 16.8. The standard InChI is InChI=1S/C21H26F3N5O/c1-14(28-8-3-2-4-9-28)7-10-29-13-17(27-20(29)15-5-6-15)16-11-18(19(25)26-12-16)30-21(22,23)24/h11-13,15H,1-10H2,(H2,25,26). The van der Waals surface area contributed by atoms with Crippen LogP contribution in [-0.2, 0) is 6.54 Å². The maximum absolute atomic E-state index is 12.6. The lowest BCUT2D eigenvalue weighted by Gasteiger charge is -2.30. The van der Waals surface area contributed by atoms with Crippen molar-refractivity contribution in [3.63, 3.8) is 0 Å². The van der Waals surface area contributed by atoms with E-state index < -0.39 is 12.1 Å². The lowest BCUT2D eigenvalue weighted by molar-refractivity contribution is -0.274. The summed E-state index contributed by atoms with van der Waals surface area (Å²) in [5.41, 5.74) is 7.68. The molecular weight excluding hydrogens is 395 g/mol. The zero-order chi connectivity index (χ0) is 21.3. The fourth-order valence-electron chi connectivity index (χ4n) is 3.84. The second kappa shape index (κ2) is 8.20. The van der Waals surface area contributed by atoms with Gasteiger partial charge in [0.05, 0.1) is 5.69 Å². The van der Waals surface area contributed by atoms with Crippen molar-refractivity contribution in [1.29, 1.82) is 0 Å². The van der Waals surface area contributed by atoms with Gasteiger partial charge in [-0.15, -0.1) is 13.2 Å². The Morgan fingerprint density at radius 3 is 2.63 bits per heavy atom. The number of alkyl halides is 3. The lowest BCUT2D eigenvalue weighted by Crippen LogP contribution is -2.29. The highest BCUT2D eigenvalue weighted by atomic mass is 19.4. The Bertz CT molecular complexity index is 914. The summed E-state index contributed by atoms with van der Waals surface area (Å²) in [6.07, 6.45) is 5.12. The van der Waals surface area contributed by atoms with Gasteiger partial charge in [0.25, 0.3) is 0 Å². The van der Waals surface area contributed by atoms with Crippen LogP contribution in [0.5, 0.6) is 5.75 Å². The summed E-state index contributed by atoms with van der Waals surface area (Å²) in [6, 6.07) is 1.24. The molecule has 162 valence electrons. The number of anilines is 1. The molecule has 1 aliphatic carbocycles. The maximum atomic E-state index is 12.6. The van der Waals surface area contributed by atoms with E-state index in [1.807, 2.05) is 6.20 Å². The van der Waals surface area contributed by atoms with Crippen LogP contribution in [0.25, 0.3) is 11.3 Å². The second-order valence-corrected chi connectivity index (χ2v) is 7.97. The Kier molecular flexibility index (Phi) is 5.62. The van der Waals surface area contributed by atoms with Crippen LogP contribution < -0.4 is 10.5 Å². The van der Waals surface area contributed by atoms with Crippen LogP contribution in [0.2, 0.25) is 0 Å². The molecule has 2 aromatic heterocycles. The smallest absolute Gasteiger partial charge is 0.402 e. The van der Waals surface area contributed by atoms with Gasteiger partial charge in [0.15, 0.2) is 11.6 Å². The molecule has 0 aromatic carbocycles. The van der Waals surface area contributed by atoms with Crippen molar-refractivity contribution in [2.75, 3.05) is 18.8 Å². The topological polar surface area (TPSA) is 69.2 Å². The van der Waals surface area contributed by atoms with Gasteiger partial charge in [-0.3, -0.25) is 0 Å². The molecule has 0 spiro atoms. The first-order valence-electron chi connectivity index (χ1n) is 10.3. The molecule has 30 heavy (non-hydrogen) atoms. The van der Waals surface area contributed by atoms with Gasteiger partial charge in [-0.25, -0.2) is 9.97 Å². The van der Waals surface area contributed by atoms with E-state index in [4.69, 9.17) is 10.7 Å². The molecule has 0 amide bonds. The monoisotopic (exact) mass is 421 g/mol. The van der Waals surface area contributed by atoms with Gasteiger partial charge < -0.3 is 19.9 Å². The number of imidazole rings is 1. The molecule has 0 unspecified atom stereocenters. The number of halogens is 3. The first-order valence-corrected chi connectivity index (χ1v) is 10.3. The number of rotatable bonds is 7. The molecular formula is C21H26F3N5O. The maximum Gasteiger partial charge on any atom is 0.573 e. The number of nitrogen functional groups attached to an aromatic ring is 1. The fourth-order valence-corrected chi connectivity index (χ4v) is 3.84. The number of aryl methyl sites for hydroxylation is 1. The zero-order valence-electron chi connectivity index (χ0n) is 16.8. The van der Waals surface area contributed by atoms with E-state index in [0.717, 1.165) is 50.4 Å². The SMILES string of the molecule is C=C(CCn1cc(-c2cnc(N)c(OC(F)(F)F)c2)nc1C1CC1)N1CCCCC1. The molecule has 4 rings (SSSR count). The van der Waals surface area contributed by atoms with Crippen LogP contribution in [0.15, 0.2) is 30.7 Å². The summed E-state index contributed by atoms with van der Waals surface area (Å²) >= 11 is 0. The first kappa shape index (κ1) is 20.6. The van der Waals surface area contributed by atoms with Gasteiger partial charge in [-0.2, -0.15) is 0 Å². The molecule has 2 fully saturated rings. The Labute approximate surface area is 173 Å². The van der Waals surface area contributed by atoms with Crippen molar-refractivity contribution in [1.82, 2.24) is 19.4 Å². The third-order valence-corrected chi connectivity index (χ3v) is 5.60. The lowest BCUT2D eigenvalue weighted by atomic mass is 10.1. The van der Waals surface area contributed by atoms with Gasteiger partial charge in [-0.1, -0.05) is 6.58 Å². The largest absolute Gasteiger partial charge is 0.573 e. The number of pyridine rings is 1. The molecule has 0 radical (unpaired) electrons. The Balaban J connectivity index is 1.53. The summed E-state index contributed by atoms with van der Waals surface area (Å²) in [7, 11) is 0. The summed E-state index contributed by atoms with van der Waals surface area (Å²) < 4.78 is 44.0. The number of likely N-dealkylation sites (tertiary alicyclic amines) is 1. The highest BCUT2D eigenvalue weighted by Gasteiger charge is 2.33. The number of nitrogens with two attached hydrogens (primary N) is 1. The molecule has 0 atom stereocenters. The minimum absolute atomic E-state index is 0.309. The van der Waals surface area contributed by atoms with E-state index in [9.17, 15) is 13.2 Å². The Hall–Kier alpha value is -2.71. The average molecular weight is 421 g/mol. The summed E-state index contributed by atoms with van der Waals surface area (Å²) in [5, 5.41) is 0. The van der Waals surface area contributed by atoms with Gasteiger partial charge in [-0.05, 0) is 38.2 Å². The van der Waals surface area contributed by atoms with Crippen molar-refractivity contribution in [3.8, 4) is 17.0 Å². The molecule has 0 bridgehead atoms. The van der Waals surface area contributed by atoms with Gasteiger partial charge >= 0.3 is 6.36 Å². The van der Waals surface area contributed by atoms with Gasteiger partial charge in [0.2, 0.25) is 0 Å². The molecule has 3 heterocycles. The predicted octanol–water partition coefficient (Wildman–Crippen LogP) is 4.69.